The summed E-state index contributed by atoms with van der Waals surface area (Å²) in [6, 6.07) is 11.4. The molecule has 0 aliphatic rings. The smallest absolute Gasteiger partial charge is 0.131 e. The first kappa shape index (κ1) is 15.5. The first-order valence-electron chi connectivity index (χ1n) is 7.58. The standard InChI is InChI=1S/C19H22FN/c1-3-5-6-11-19(21-14-4-2)17-12-13-18(20)16-10-8-7-9-15(16)17/h7-10,12-13,19,21H,4,6,11,14H2,1-2H3. The Bertz CT molecular complexity index is 651. The zero-order valence-corrected chi connectivity index (χ0v) is 12.7. The molecule has 1 N–H and O–H groups in total. The van der Waals surface area contributed by atoms with E-state index in [2.05, 4.69) is 24.1 Å². The van der Waals surface area contributed by atoms with Crippen molar-refractivity contribution < 1.29 is 4.39 Å². The van der Waals surface area contributed by atoms with E-state index in [0.29, 0.717) is 5.39 Å². The largest absolute Gasteiger partial charge is 0.310 e. The maximum atomic E-state index is 13.9. The van der Waals surface area contributed by atoms with Crippen molar-refractivity contribution in [3.63, 3.8) is 0 Å². The topological polar surface area (TPSA) is 12.0 Å². The van der Waals surface area contributed by atoms with Crippen LogP contribution in [0.3, 0.4) is 0 Å². The lowest BCUT2D eigenvalue weighted by Gasteiger charge is -2.20. The summed E-state index contributed by atoms with van der Waals surface area (Å²) in [6.45, 7) is 4.97. The number of benzene rings is 2. The third-order valence-corrected chi connectivity index (χ3v) is 3.66. The number of fused-ring (bicyclic) bond motifs is 1. The van der Waals surface area contributed by atoms with Gasteiger partial charge in [0.25, 0.3) is 0 Å². The average molecular weight is 283 g/mol. The van der Waals surface area contributed by atoms with Crippen LogP contribution in [0.1, 0.15) is 44.7 Å². The lowest BCUT2D eigenvalue weighted by Crippen LogP contribution is -2.22. The maximum absolute atomic E-state index is 13.9. The highest BCUT2D eigenvalue weighted by molar-refractivity contribution is 5.86. The van der Waals surface area contributed by atoms with Gasteiger partial charge in [-0.1, -0.05) is 37.3 Å². The Labute approximate surface area is 126 Å². The summed E-state index contributed by atoms with van der Waals surface area (Å²) in [4.78, 5) is 0. The SMILES string of the molecule is CC#CCCC(NCCC)c1ccc(F)c2ccccc12. The molecule has 2 rings (SSSR count). The van der Waals surface area contributed by atoms with Crippen LogP contribution in [0.5, 0.6) is 0 Å². The van der Waals surface area contributed by atoms with Gasteiger partial charge in [0, 0.05) is 17.8 Å². The highest BCUT2D eigenvalue weighted by atomic mass is 19.1. The Kier molecular flexibility index (Phi) is 5.78. The minimum Gasteiger partial charge on any atom is -0.310 e. The third kappa shape index (κ3) is 3.83. The molecule has 1 unspecified atom stereocenters. The van der Waals surface area contributed by atoms with Crippen LogP contribution in [-0.4, -0.2) is 6.54 Å². The van der Waals surface area contributed by atoms with Crippen LogP contribution in [0, 0.1) is 17.7 Å². The van der Waals surface area contributed by atoms with E-state index in [9.17, 15) is 4.39 Å². The number of nitrogens with one attached hydrogen (secondary N) is 1. The van der Waals surface area contributed by atoms with Crippen LogP contribution in [0.25, 0.3) is 10.8 Å². The van der Waals surface area contributed by atoms with Gasteiger partial charge in [-0.3, -0.25) is 0 Å². The summed E-state index contributed by atoms with van der Waals surface area (Å²) in [6.07, 6.45) is 2.87. The van der Waals surface area contributed by atoms with E-state index in [4.69, 9.17) is 0 Å². The van der Waals surface area contributed by atoms with Gasteiger partial charge in [-0.25, -0.2) is 4.39 Å². The van der Waals surface area contributed by atoms with Crippen LogP contribution in [0.4, 0.5) is 4.39 Å². The van der Waals surface area contributed by atoms with Crippen molar-refractivity contribution in [2.24, 2.45) is 0 Å². The maximum Gasteiger partial charge on any atom is 0.131 e. The average Bonchev–Trinajstić information content (AvgIpc) is 2.52. The molecule has 2 heteroatoms. The van der Waals surface area contributed by atoms with Crippen LogP contribution in [0.2, 0.25) is 0 Å². The highest BCUT2D eigenvalue weighted by Crippen LogP contribution is 2.28. The molecule has 1 atom stereocenters. The van der Waals surface area contributed by atoms with Crippen molar-refractivity contribution in [2.75, 3.05) is 6.54 Å². The first-order chi connectivity index (χ1) is 10.3. The van der Waals surface area contributed by atoms with E-state index in [1.54, 1.807) is 6.07 Å². The molecular weight excluding hydrogens is 261 g/mol. The van der Waals surface area contributed by atoms with Crippen LogP contribution >= 0.6 is 0 Å². The normalized spacial score (nSPS) is 12.0. The molecule has 0 radical (unpaired) electrons. The van der Waals surface area contributed by atoms with Gasteiger partial charge in [-0.15, -0.1) is 11.8 Å². The quantitative estimate of drug-likeness (QED) is 0.749. The van der Waals surface area contributed by atoms with Gasteiger partial charge < -0.3 is 5.32 Å². The summed E-state index contributed by atoms with van der Waals surface area (Å²) in [5.41, 5.74) is 1.17. The molecule has 0 aromatic heterocycles. The van der Waals surface area contributed by atoms with Gasteiger partial charge in [0.15, 0.2) is 0 Å². The molecule has 0 amide bonds. The Morgan fingerprint density at radius 1 is 1.14 bits per heavy atom. The first-order valence-corrected chi connectivity index (χ1v) is 7.58. The lowest BCUT2D eigenvalue weighted by atomic mass is 9.95. The minimum absolute atomic E-state index is 0.156. The minimum atomic E-state index is -0.156. The fourth-order valence-electron chi connectivity index (χ4n) is 2.62. The molecule has 0 aliphatic heterocycles. The van der Waals surface area contributed by atoms with Crippen molar-refractivity contribution in [1.82, 2.24) is 5.32 Å². The zero-order chi connectivity index (χ0) is 15.1. The number of hydrogen-bond acceptors (Lipinski definition) is 1. The van der Waals surface area contributed by atoms with Crippen molar-refractivity contribution in [2.45, 2.75) is 39.2 Å². The molecule has 0 aliphatic carbocycles. The van der Waals surface area contributed by atoms with Crippen molar-refractivity contribution in [3.05, 3.63) is 47.8 Å². The third-order valence-electron chi connectivity index (χ3n) is 3.66. The molecule has 0 bridgehead atoms. The fourth-order valence-corrected chi connectivity index (χ4v) is 2.62. The summed E-state index contributed by atoms with van der Waals surface area (Å²) in [5, 5.41) is 5.26. The lowest BCUT2D eigenvalue weighted by molar-refractivity contribution is 0.508. The van der Waals surface area contributed by atoms with Crippen LogP contribution in [-0.2, 0) is 0 Å². The highest BCUT2D eigenvalue weighted by Gasteiger charge is 2.14. The summed E-state index contributed by atoms with van der Waals surface area (Å²) in [7, 11) is 0. The zero-order valence-electron chi connectivity index (χ0n) is 12.7. The van der Waals surface area contributed by atoms with Gasteiger partial charge in [-0.05, 0) is 43.3 Å². The Morgan fingerprint density at radius 2 is 1.90 bits per heavy atom. The summed E-state index contributed by atoms with van der Waals surface area (Å²) < 4.78 is 13.9. The van der Waals surface area contributed by atoms with E-state index < -0.39 is 0 Å². The van der Waals surface area contributed by atoms with Crippen molar-refractivity contribution in [1.29, 1.82) is 0 Å². The molecule has 110 valence electrons. The molecule has 0 heterocycles. The van der Waals surface area contributed by atoms with E-state index in [-0.39, 0.29) is 11.9 Å². The number of hydrogen-bond donors (Lipinski definition) is 1. The number of rotatable bonds is 6. The van der Waals surface area contributed by atoms with Gasteiger partial charge in [0.1, 0.15) is 5.82 Å². The van der Waals surface area contributed by atoms with Gasteiger partial charge >= 0.3 is 0 Å². The fraction of sp³-hybridized carbons (Fsp3) is 0.368. The van der Waals surface area contributed by atoms with E-state index in [1.165, 1.54) is 5.56 Å². The molecule has 21 heavy (non-hydrogen) atoms. The number of halogens is 1. The monoisotopic (exact) mass is 283 g/mol. The molecular formula is C19H22FN. The molecule has 0 fully saturated rings. The van der Waals surface area contributed by atoms with E-state index in [0.717, 1.165) is 31.2 Å². The summed E-state index contributed by atoms with van der Waals surface area (Å²) >= 11 is 0. The Balaban J connectivity index is 2.37. The van der Waals surface area contributed by atoms with Crippen molar-refractivity contribution >= 4 is 10.8 Å². The Morgan fingerprint density at radius 3 is 2.62 bits per heavy atom. The van der Waals surface area contributed by atoms with Gasteiger partial charge in [0.05, 0.1) is 0 Å². The molecule has 0 saturated carbocycles. The van der Waals surface area contributed by atoms with E-state index in [1.807, 2.05) is 37.3 Å². The van der Waals surface area contributed by atoms with Gasteiger partial charge in [-0.2, -0.15) is 0 Å². The van der Waals surface area contributed by atoms with Crippen molar-refractivity contribution in [3.8, 4) is 11.8 Å². The molecule has 2 aromatic rings. The second-order valence-corrected chi connectivity index (χ2v) is 5.15. The predicted molar refractivity (Wildman–Crippen MR) is 87.6 cm³/mol. The molecule has 1 nitrogen and oxygen atoms in total. The Hall–Kier alpha value is -1.85. The molecule has 0 saturated heterocycles. The second kappa shape index (κ2) is 7.81. The van der Waals surface area contributed by atoms with Gasteiger partial charge in [0.2, 0.25) is 0 Å². The molecule has 0 spiro atoms. The predicted octanol–water partition coefficient (Wildman–Crippen LogP) is 4.82. The second-order valence-electron chi connectivity index (χ2n) is 5.15. The molecule has 2 aromatic carbocycles. The van der Waals surface area contributed by atoms with E-state index >= 15 is 0 Å². The summed E-state index contributed by atoms with van der Waals surface area (Å²) in [5.74, 6) is 5.90. The van der Waals surface area contributed by atoms with Crippen LogP contribution in [0.15, 0.2) is 36.4 Å². The van der Waals surface area contributed by atoms with Crippen LogP contribution < -0.4 is 5.32 Å².